The summed E-state index contributed by atoms with van der Waals surface area (Å²) in [5, 5.41) is 14.1. The fourth-order valence-corrected chi connectivity index (χ4v) is 3.35. The normalized spacial score (nSPS) is 11.0. The SMILES string of the molecule is CCCCCc1nc(CCC)nn1Cc1ccc(-c2ncccc2C(=O)O)cc1. The average Bonchev–Trinajstić information content (AvgIpc) is 3.10. The van der Waals surface area contributed by atoms with Crippen LogP contribution in [-0.2, 0) is 19.4 Å². The van der Waals surface area contributed by atoms with Gasteiger partial charge < -0.3 is 5.11 Å². The summed E-state index contributed by atoms with van der Waals surface area (Å²) in [5.74, 6) is 0.985. The molecule has 0 atom stereocenters. The summed E-state index contributed by atoms with van der Waals surface area (Å²) >= 11 is 0. The van der Waals surface area contributed by atoms with Crippen molar-refractivity contribution in [1.29, 1.82) is 0 Å². The van der Waals surface area contributed by atoms with Crippen LogP contribution in [0.3, 0.4) is 0 Å². The van der Waals surface area contributed by atoms with Crippen LogP contribution in [0.2, 0.25) is 0 Å². The Bertz CT molecular complexity index is 948. The van der Waals surface area contributed by atoms with Crippen molar-refractivity contribution in [2.45, 2.75) is 58.9 Å². The summed E-state index contributed by atoms with van der Waals surface area (Å²) in [6.45, 7) is 5.00. The highest BCUT2D eigenvalue weighted by molar-refractivity contribution is 5.94. The second-order valence-electron chi connectivity index (χ2n) is 7.21. The molecule has 0 aliphatic rings. The van der Waals surface area contributed by atoms with E-state index in [1.54, 1.807) is 18.3 Å². The van der Waals surface area contributed by atoms with Gasteiger partial charge in [-0.1, -0.05) is 51.0 Å². The fourth-order valence-electron chi connectivity index (χ4n) is 3.35. The van der Waals surface area contributed by atoms with E-state index < -0.39 is 5.97 Å². The van der Waals surface area contributed by atoms with Gasteiger partial charge in [-0.25, -0.2) is 14.5 Å². The van der Waals surface area contributed by atoms with Crippen LogP contribution in [0.4, 0.5) is 0 Å². The van der Waals surface area contributed by atoms with Crippen LogP contribution < -0.4 is 0 Å². The fraction of sp³-hybridized carbons (Fsp3) is 0.391. The molecule has 152 valence electrons. The highest BCUT2D eigenvalue weighted by Crippen LogP contribution is 2.22. The van der Waals surface area contributed by atoms with Crippen molar-refractivity contribution in [3.8, 4) is 11.3 Å². The predicted octanol–water partition coefficient (Wildman–Crippen LogP) is 4.77. The van der Waals surface area contributed by atoms with Crippen LogP contribution in [0, 0.1) is 0 Å². The third kappa shape index (κ3) is 5.28. The molecule has 3 aromatic rings. The van der Waals surface area contributed by atoms with Crippen LogP contribution in [0.25, 0.3) is 11.3 Å². The molecule has 29 heavy (non-hydrogen) atoms. The molecule has 0 amide bonds. The number of hydrogen-bond acceptors (Lipinski definition) is 4. The number of pyridine rings is 1. The molecule has 0 aliphatic carbocycles. The number of aryl methyl sites for hydroxylation is 2. The molecule has 0 unspecified atom stereocenters. The van der Waals surface area contributed by atoms with Crippen LogP contribution >= 0.6 is 0 Å². The monoisotopic (exact) mass is 392 g/mol. The van der Waals surface area contributed by atoms with Crippen molar-refractivity contribution in [1.82, 2.24) is 19.7 Å². The summed E-state index contributed by atoms with van der Waals surface area (Å²) in [6, 6.07) is 11.1. The van der Waals surface area contributed by atoms with E-state index in [0.29, 0.717) is 12.2 Å². The van der Waals surface area contributed by atoms with E-state index in [0.717, 1.165) is 48.5 Å². The van der Waals surface area contributed by atoms with Crippen LogP contribution in [-0.4, -0.2) is 30.8 Å². The number of aromatic carboxylic acids is 1. The first-order valence-electron chi connectivity index (χ1n) is 10.3. The molecular weight excluding hydrogens is 364 g/mol. The number of carboxylic acids is 1. The van der Waals surface area contributed by atoms with Gasteiger partial charge in [0, 0.05) is 24.6 Å². The molecule has 0 radical (unpaired) electrons. The minimum Gasteiger partial charge on any atom is -0.478 e. The van der Waals surface area contributed by atoms with E-state index in [1.165, 1.54) is 12.8 Å². The van der Waals surface area contributed by atoms with Gasteiger partial charge in [0.15, 0.2) is 5.82 Å². The highest BCUT2D eigenvalue weighted by Gasteiger charge is 2.13. The minimum atomic E-state index is -0.972. The maximum Gasteiger partial charge on any atom is 0.337 e. The summed E-state index contributed by atoms with van der Waals surface area (Å²) in [7, 11) is 0. The summed E-state index contributed by atoms with van der Waals surface area (Å²) in [4.78, 5) is 20.4. The van der Waals surface area contributed by atoms with Gasteiger partial charge in [0.25, 0.3) is 0 Å². The van der Waals surface area contributed by atoms with E-state index in [4.69, 9.17) is 10.1 Å². The van der Waals surface area contributed by atoms with Crippen molar-refractivity contribution in [2.75, 3.05) is 0 Å². The first kappa shape index (κ1) is 20.7. The van der Waals surface area contributed by atoms with E-state index in [9.17, 15) is 9.90 Å². The molecule has 0 saturated heterocycles. The van der Waals surface area contributed by atoms with Gasteiger partial charge >= 0.3 is 5.97 Å². The first-order chi connectivity index (χ1) is 14.1. The number of benzene rings is 1. The van der Waals surface area contributed by atoms with Crippen molar-refractivity contribution >= 4 is 5.97 Å². The van der Waals surface area contributed by atoms with E-state index in [-0.39, 0.29) is 5.56 Å². The Labute approximate surface area is 171 Å². The van der Waals surface area contributed by atoms with Crippen molar-refractivity contribution in [3.05, 3.63) is 65.4 Å². The Kier molecular flexibility index (Phi) is 7.11. The third-order valence-electron chi connectivity index (χ3n) is 4.87. The van der Waals surface area contributed by atoms with Crippen molar-refractivity contribution in [2.24, 2.45) is 0 Å². The lowest BCUT2D eigenvalue weighted by atomic mass is 10.0. The molecule has 1 aromatic carbocycles. The zero-order valence-electron chi connectivity index (χ0n) is 17.1. The van der Waals surface area contributed by atoms with Gasteiger partial charge in [0.1, 0.15) is 5.82 Å². The van der Waals surface area contributed by atoms with Gasteiger partial charge in [0.2, 0.25) is 0 Å². The number of carbonyl (C=O) groups is 1. The number of aromatic nitrogens is 4. The number of carboxylic acid groups (broad SMARTS) is 1. The van der Waals surface area contributed by atoms with E-state index in [2.05, 4.69) is 18.8 Å². The summed E-state index contributed by atoms with van der Waals surface area (Å²) in [5.41, 5.74) is 2.59. The van der Waals surface area contributed by atoms with Gasteiger partial charge in [-0.3, -0.25) is 4.98 Å². The van der Waals surface area contributed by atoms with Gasteiger partial charge in [-0.05, 0) is 30.5 Å². The Balaban J connectivity index is 1.80. The molecule has 2 heterocycles. The number of nitrogens with zero attached hydrogens (tertiary/aromatic N) is 4. The number of hydrogen-bond donors (Lipinski definition) is 1. The molecular formula is C23H28N4O2. The zero-order valence-corrected chi connectivity index (χ0v) is 17.1. The first-order valence-corrected chi connectivity index (χ1v) is 10.3. The molecule has 3 rings (SSSR count). The Morgan fingerprint density at radius 2 is 1.83 bits per heavy atom. The van der Waals surface area contributed by atoms with E-state index >= 15 is 0 Å². The van der Waals surface area contributed by atoms with Gasteiger partial charge in [-0.15, -0.1) is 0 Å². The zero-order chi connectivity index (χ0) is 20.6. The van der Waals surface area contributed by atoms with Crippen LogP contribution in [0.1, 0.15) is 67.1 Å². The molecule has 0 aliphatic heterocycles. The Morgan fingerprint density at radius 1 is 1.03 bits per heavy atom. The molecule has 0 bridgehead atoms. The van der Waals surface area contributed by atoms with Crippen molar-refractivity contribution in [3.63, 3.8) is 0 Å². The predicted molar refractivity (Wildman–Crippen MR) is 113 cm³/mol. The lowest BCUT2D eigenvalue weighted by molar-refractivity contribution is 0.0697. The number of rotatable bonds is 10. The summed E-state index contributed by atoms with van der Waals surface area (Å²) in [6.07, 6.45) is 7.98. The Hall–Kier alpha value is -3.02. The van der Waals surface area contributed by atoms with Gasteiger partial charge in [0.05, 0.1) is 17.8 Å². The largest absolute Gasteiger partial charge is 0.478 e. The van der Waals surface area contributed by atoms with Crippen molar-refractivity contribution < 1.29 is 9.90 Å². The second-order valence-corrected chi connectivity index (χ2v) is 7.21. The molecule has 6 nitrogen and oxygen atoms in total. The lowest BCUT2D eigenvalue weighted by Crippen LogP contribution is -2.07. The smallest absolute Gasteiger partial charge is 0.337 e. The standard InChI is InChI=1S/C23H28N4O2/c1-3-5-6-10-21-25-20(8-4-2)26-27(21)16-17-11-13-18(14-12-17)22-19(23(28)29)9-7-15-24-22/h7,9,11-15H,3-6,8,10,16H2,1-2H3,(H,28,29). The molecule has 6 heteroatoms. The highest BCUT2D eigenvalue weighted by atomic mass is 16.4. The van der Waals surface area contributed by atoms with E-state index in [1.807, 2.05) is 28.9 Å². The lowest BCUT2D eigenvalue weighted by Gasteiger charge is -2.08. The average molecular weight is 393 g/mol. The third-order valence-corrected chi connectivity index (χ3v) is 4.87. The summed E-state index contributed by atoms with van der Waals surface area (Å²) < 4.78 is 2.01. The maximum atomic E-state index is 11.4. The molecule has 0 spiro atoms. The van der Waals surface area contributed by atoms with Crippen LogP contribution in [0.5, 0.6) is 0 Å². The van der Waals surface area contributed by atoms with Crippen LogP contribution in [0.15, 0.2) is 42.6 Å². The molecule has 0 fully saturated rings. The maximum absolute atomic E-state index is 11.4. The molecule has 2 aromatic heterocycles. The minimum absolute atomic E-state index is 0.207. The van der Waals surface area contributed by atoms with Gasteiger partial charge in [-0.2, -0.15) is 5.10 Å². The number of unbranched alkanes of at least 4 members (excludes halogenated alkanes) is 2. The second kappa shape index (κ2) is 9.96. The molecule has 0 saturated carbocycles. The topological polar surface area (TPSA) is 80.9 Å². The molecule has 1 N–H and O–H groups in total. The Morgan fingerprint density at radius 3 is 2.52 bits per heavy atom. The quantitative estimate of drug-likeness (QED) is 0.503.